The van der Waals surface area contributed by atoms with E-state index in [1.54, 1.807) is 11.8 Å². The third kappa shape index (κ3) is 4.08. The van der Waals surface area contributed by atoms with Crippen LogP contribution in [0.2, 0.25) is 0 Å². The summed E-state index contributed by atoms with van der Waals surface area (Å²) in [5, 5.41) is 18.1. The lowest BCUT2D eigenvalue weighted by atomic mass is 10.1. The van der Waals surface area contributed by atoms with Crippen LogP contribution in [0.3, 0.4) is 0 Å². The maximum atomic E-state index is 11.8. The third-order valence-electron chi connectivity index (χ3n) is 2.66. The number of carbonyl (C=O) groups excluding carboxylic acids is 1. The van der Waals surface area contributed by atoms with Gasteiger partial charge >= 0.3 is 0 Å². The Hall–Kier alpha value is -0.650. The van der Waals surface area contributed by atoms with Gasteiger partial charge in [0.2, 0.25) is 5.91 Å². The molecule has 5 heteroatoms. The van der Waals surface area contributed by atoms with E-state index in [1.807, 2.05) is 6.92 Å². The molecule has 5 nitrogen and oxygen atoms in total. The van der Waals surface area contributed by atoms with E-state index in [0.29, 0.717) is 25.9 Å². The highest BCUT2D eigenvalue weighted by Gasteiger charge is 2.27. The number of hydrogen-bond acceptors (Lipinski definition) is 4. The van der Waals surface area contributed by atoms with Crippen LogP contribution in [0.4, 0.5) is 0 Å². The van der Waals surface area contributed by atoms with E-state index in [9.17, 15) is 4.79 Å². The first kappa shape index (κ1) is 13.4. The first-order valence-corrected chi connectivity index (χ1v) is 5.75. The molecular formula is C11H21NO4. The highest BCUT2D eigenvalue weighted by molar-refractivity contribution is 5.76. The zero-order valence-corrected chi connectivity index (χ0v) is 9.93. The van der Waals surface area contributed by atoms with E-state index in [0.717, 1.165) is 0 Å². The van der Waals surface area contributed by atoms with Gasteiger partial charge in [-0.05, 0) is 20.3 Å². The molecule has 0 saturated carbocycles. The predicted molar refractivity (Wildman–Crippen MR) is 58.9 cm³/mol. The minimum atomic E-state index is -0.448. The second-order valence-electron chi connectivity index (χ2n) is 4.44. The molecule has 0 aliphatic carbocycles. The Morgan fingerprint density at radius 1 is 1.56 bits per heavy atom. The average molecular weight is 231 g/mol. The number of morpholine rings is 1. The molecule has 0 spiro atoms. The van der Waals surface area contributed by atoms with Gasteiger partial charge in [-0.3, -0.25) is 4.79 Å². The molecule has 1 heterocycles. The smallest absolute Gasteiger partial charge is 0.222 e. The lowest BCUT2D eigenvalue weighted by molar-refractivity contribution is -0.147. The molecule has 1 rings (SSSR count). The summed E-state index contributed by atoms with van der Waals surface area (Å²) in [6.07, 6.45) is 0.0633. The molecule has 0 radical (unpaired) electrons. The van der Waals surface area contributed by atoms with Crippen LogP contribution in [-0.4, -0.2) is 59.0 Å². The number of carbonyl (C=O) groups is 1. The fourth-order valence-corrected chi connectivity index (χ4v) is 1.84. The van der Waals surface area contributed by atoms with Crippen molar-refractivity contribution in [1.82, 2.24) is 4.90 Å². The number of amides is 1. The van der Waals surface area contributed by atoms with Crippen molar-refractivity contribution in [2.45, 2.75) is 45.0 Å². The number of hydrogen-bond donors (Lipinski definition) is 2. The summed E-state index contributed by atoms with van der Waals surface area (Å²) in [4.78, 5) is 13.5. The molecular weight excluding hydrogens is 210 g/mol. The quantitative estimate of drug-likeness (QED) is 0.700. The van der Waals surface area contributed by atoms with Gasteiger partial charge in [0.1, 0.15) is 0 Å². The summed E-state index contributed by atoms with van der Waals surface area (Å²) in [5.41, 5.74) is 0. The van der Waals surface area contributed by atoms with Gasteiger partial charge in [-0.2, -0.15) is 0 Å². The van der Waals surface area contributed by atoms with Crippen molar-refractivity contribution < 1.29 is 19.7 Å². The molecule has 94 valence electrons. The molecule has 1 amide bonds. The summed E-state index contributed by atoms with van der Waals surface area (Å²) >= 11 is 0. The Labute approximate surface area is 96.0 Å². The molecule has 2 N–H and O–H groups in total. The second kappa shape index (κ2) is 6.18. The maximum absolute atomic E-state index is 11.8. The predicted octanol–water partition coefficient (Wildman–Crippen LogP) is -0.244. The van der Waals surface area contributed by atoms with Crippen LogP contribution in [0.5, 0.6) is 0 Å². The number of aliphatic hydroxyl groups excluding tert-OH is 2. The minimum absolute atomic E-state index is 0.0227. The van der Waals surface area contributed by atoms with E-state index in [-0.39, 0.29) is 24.7 Å². The Bertz CT molecular complexity index is 232. The summed E-state index contributed by atoms with van der Waals surface area (Å²) in [6.45, 7) is 4.50. The summed E-state index contributed by atoms with van der Waals surface area (Å²) in [7, 11) is 0. The van der Waals surface area contributed by atoms with Crippen molar-refractivity contribution in [2.75, 3.05) is 19.7 Å². The van der Waals surface area contributed by atoms with Crippen LogP contribution in [0.1, 0.15) is 26.7 Å². The monoisotopic (exact) mass is 231 g/mol. The van der Waals surface area contributed by atoms with Crippen LogP contribution in [0, 0.1) is 0 Å². The lowest BCUT2D eigenvalue weighted by Gasteiger charge is -2.36. The fourth-order valence-electron chi connectivity index (χ4n) is 1.84. The summed E-state index contributed by atoms with van der Waals surface area (Å²) in [5.74, 6) is 0.0227. The Morgan fingerprint density at radius 2 is 2.25 bits per heavy atom. The van der Waals surface area contributed by atoms with Gasteiger partial charge in [-0.1, -0.05) is 0 Å². The highest BCUT2D eigenvalue weighted by Crippen LogP contribution is 2.12. The van der Waals surface area contributed by atoms with Gasteiger partial charge < -0.3 is 19.8 Å². The van der Waals surface area contributed by atoms with Crippen LogP contribution in [0.25, 0.3) is 0 Å². The van der Waals surface area contributed by atoms with Crippen molar-refractivity contribution in [3.05, 3.63) is 0 Å². The molecule has 16 heavy (non-hydrogen) atoms. The van der Waals surface area contributed by atoms with Gasteiger partial charge in [0.25, 0.3) is 0 Å². The molecule has 0 aromatic carbocycles. The van der Waals surface area contributed by atoms with E-state index < -0.39 is 6.10 Å². The molecule has 0 aromatic rings. The maximum Gasteiger partial charge on any atom is 0.222 e. The van der Waals surface area contributed by atoms with E-state index >= 15 is 0 Å². The largest absolute Gasteiger partial charge is 0.394 e. The summed E-state index contributed by atoms with van der Waals surface area (Å²) < 4.78 is 5.45. The van der Waals surface area contributed by atoms with Crippen molar-refractivity contribution in [3.63, 3.8) is 0 Å². The number of ether oxygens (including phenoxy) is 1. The first-order chi connectivity index (χ1) is 7.52. The third-order valence-corrected chi connectivity index (χ3v) is 2.66. The van der Waals surface area contributed by atoms with Crippen LogP contribution >= 0.6 is 0 Å². The molecule has 0 bridgehead atoms. The first-order valence-electron chi connectivity index (χ1n) is 5.75. The molecule has 1 aliphatic heterocycles. The fraction of sp³-hybridized carbons (Fsp3) is 0.909. The zero-order valence-electron chi connectivity index (χ0n) is 9.93. The van der Waals surface area contributed by atoms with Gasteiger partial charge in [0.15, 0.2) is 0 Å². The lowest BCUT2D eigenvalue weighted by Crippen LogP contribution is -2.50. The van der Waals surface area contributed by atoms with Crippen LogP contribution in [0.15, 0.2) is 0 Å². The van der Waals surface area contributed by atoms with E-state index in [1.165, 1.54) is 0 Å². The topological polar surface area (TPSA) is 70.0 Å². The van der Waals surface area contributed by atoms with Gasteiger partial charge in [0.05, 0.1) is 24.9 Å². The average Bonchev–Trinajstić information content (AvgIpc) is 2.24. The highest BCUT2D eigenvalue weighted by atomic mass is 16.5. The van der Waals surface area contributed by atoms with Gasteiger partial charge in [-0.15, -0.1) is 0 Å². The van der Waals surface area contributed by atoms with E-state index in [2.05, 4.69) is 0 Å². The molecule has 1 fully saturated rings. The van der Waals surface area contributed by atoms with E-state index in [4.69, 9.17) is 14.9 Å². The van der Waals surface area contributed by atoms with Gasteiger partial charge in [-0.25, -0.2) is 0 Å². The Balaban J connectivity index is 2.42. The summed E-state index contributed by atoms with van der Waals surface area (Å²) in [6, 6.07) is 0. The normalized spacial score (nSPS) is 27.9. The minimum Gasteiger partial charge on any atom is -0.394 e. The Morgan fingerprint density at radius 3 is 2.81 bits per heavy atom. The SMILES string of the molecule is CC(O)CCC(=O)N1CC(C)OC(CO)C1. The van der Waals surface area contributed by atoms with Crippen molar-refractivity contribution >= 4 is 5.91 Å². The van der Waals surface area contributed by atoms with Gasteiger partial charge in [0, 0.05) is 19.5 Å². The number of aliphatic hydroxyl groups is 2. The number of nitrogens with zero attached hydrogens (tertiary/aromatic N) is 1. The standard InChI is InChI=1S/C11H21NO4/c1-8(14)3-4-11(15)12-5-9(2)16-10(6-12)7-13/h8-10,13-14H,3-7H2,1-2H3. The van der Waals surface area contributed by atoms with Crippen molar-refractivity contribution in [2.24, 2.45) is 0 Å². The van der Waals surface area contributed by atoms with Crippen molar-refractivity contribution in [3.8, 4) is 0 Å². The Kier molecular flexibility index (Phi) is 5.18. The van der Waals surface area contributed by atoms with Crippen molar-refractivity contribution in [1.29, 1.82) is 0 Å². The molecule has 0 aromatic heterocycles. The molecule has 1 saturated heterocycles. The number of rotatable bonds is 4. The zero-order chi connectivity index (χ0) is 12.1. The molecule has 3 unspecified atom stereocenters. The molecule has 3 atom stereocenters. The second-order valence-corrected chi connectivity index (χ2v) is 4.44. The van der Waals surface area contributed by atoms with Crippen LogP contribution < -0.4 is 0 Å². The van der Waals surface area contributed by atoms with Crippen LogP contribution in [-0.2, 0) is 9.53 Å². The molecule has 1 aliphatic rings.